The summed E-state index contributed by atoms with van der Waals surface area (Å²) in [5, 5.41) is 0. The Bertz CT molecular complexity index is 527. The summed E-state index contributed by atoms with van der Waals surface area (Å²) in [6.45, 7) is 2.04. The molecule has 0 aliphatic heterocycles. The van der Waals surface area contributed by atoms with E-state index in [0.29, 0.717) is 10.6 Å². The molecule has 0 heterocycles. The predicted octanol–water partition coefficient (Wildman–Crippen LogP) is 3.93. The molecular weight excluding hydrogens is 245 g/mol. The summed E-state index contributed by atoms with van der Waals surface area (Å²) in [7, 11) is 0. The van der Waals surface area contributed by atoms with E-state index in [9.17, 15) is 4.39 Å². The minimum Gasteiger partial charge on any atom is -0.323 e. The quantitative estimate of drug-likeness (QED) is 0.844. The van der Waals surface area contributed by atoms with Gasteiger partial charge in [0.15, 0.2) is 0 Å². The van der Waals surface area contributed by atoms with E-state index in [1.54, 1.807) is 12.1 Å². The first-order valence-electron chi connectivity index (χ1n) is 5.87. The van der Waals surface area contributed by atoms with E-state index in [0.717, 1.165) is 5.56 Å². The molecule has 0 fully saturated rings. The van der Waals surface area contributed by atoms with E-state index in [2.05, 4.69) is 0 Å². The van der Waals surface area contributed by atoms with Crippen molar-refractivity contribution in [3.8, 4) is 0 Å². The fraction of sp³-hybridized carbons (Fsp3) is 0.200. The van der Waals surface area contributed by atoms with E-state index < -0.39 is 0 Å². The molecule has 2 N–H and O–H groups in total. The van der Waals surface area contributed by atoms with Gasteiger partial charge in [-0.25, -0.2) is 4.39 Å². The number of hydrogen-bond donors (Lipinski definition) is 1. The van der Waals surface area contributed by atoms with Crippen LogP contribution in [0.3, 0.4) is 0 Å². The van der Waals surface area contributed by atoms with Crippen LogP contribution in [0.25, 0.3) is 0 Å². The van der Waals surface area contributed by atoms with Gasteiger partial charge in [-0.1, -0.05) is 36.4 Å². The van der Waals surface area contributed by atoms with E-state index in [1.165, 1.54) is 23.4 Å². The molecule has 3 heteroatoms. The third-order valence-corrected chi connectivity index (χ3v) is 4.01. The van der Waals surface area contributed by atoms with Crippen molar-refractivity contribution >= 4 is 11.8 Å². The fourth-order valence-corrected chi connectivity index (χ4v) is 2.75. The maximum atomic E-state index is 13.5. The number of thioether (sulfide) groups is 1. The van der Waals surface area contributed by atoms with Gasteiger partial charge in [-0.3, -0.25) is 0 Å². The van der Waals surface area contributed by atoms with Crippen molar-refractivity contribution in [1.82, 2.24) is 0 Å². The molecule has 2 aromatic rings. The normalized spacial score (nSPS) is 12.4. The van der Waals surface area contributed by atoms with Gasteiger partial charge >= 0.3 is 0 Å². The highest BCUT2D eigenvalue weighted by Gasteiger charge is 2.10. The van der Waals surface area contributed by atoms with Crippen molar-refractivity contribution in [1.29, 1.82) is 0 Å². The third kappa shape index (κ3) is 3.12. The van der Waals surface area contributed by atoms with Crippen LogP contribution in [0.4, 0.5) is 4.39 Å². The maximum Gasteiger partial charge on any atom is 0.136 e. The van der Waals surface area contributed by atoms with Crippen molar-refractivity contribution in [2.45, 2.75) is 17.9 Å². The Morgan fingerprint density at radius 3 is 2.50 bits per heavy atom. The van der Waals surface area contributed by atoms with Crippen molar-refractivity contribution in [2.75, 3.05) is 5.75 Å². The molecule has 1 unspecified atom stereocenters. The zero-order valence-electron chi connectivity index (χ0n) is 10.3. The summed E-state index contributed by atoms with van der Waals surface area (Å²) >= 11 is 1.46. The lowest BCUT2D eigenvalue weighted by molar-refractivity contribution is 0.602. The van der Waals surface area contributed by atoms with Gasteiger partial charge in [0, 0.05) is 16.7 Å². The van der Waals surface area contributed by atoms with Crippen molar-refractivity contribution < 1.29 is 4.39 Å². The molecule has 1 atom stereocenters. The molecule has 0 saturated carbocycles. The smallest absolute Gasteiger partial charge is 0.136 e. The molecule has 0 bridgehead atoms. The SMILES string of the molecule is Cc1ccccc1C(N)CSc1ccccc1F. The number of hydrogen-bond acceptors (Lipinski definition) is 2. The molecule has 0 radical (unpaired) electrons. The third-order valence-electron chi connectivity index (χ3n) is 2.84. The second-order valence-corrected chi connectivity index (χ2v) is 5.27. The predicted molar refractivity (Wildman–Crippen MR) is 75.2 cm³/mol. The molecule has 0 aromatic heterocycles. The Morgan fingerprint density at radius 2 is 1.78 bits per heavy atom. The molecule has 18 heavy (non-hydrogen) atoms. The molecule has 2 rings (SSSR count). The summed E-state index contributed by atoms with van der Waals surface area (Å²) in [6, 6.07) is 14.8. The largest absolute Gasteiger partial charge is 0.323 e. The van der Waals surface area contributed by atoms with Crippen LogP contribution in [-0.4, -0.2) is 5.75 Å². The van der Waals surface area contributed by atoms with Crippen LogP contribution in [0.2, 0.25) is 0 Å². The van der Waals surface area contributed by atoms with Crippen molar-refractivity contribution in [3.05, 3.63) is 65.5 Å². The van der Waals surface area contributed by atoms with Crippen molar-refractivity contribution in [3.63, 3.8) is 0 Å². The average molecular weight is 261 g/mol. The van der Waals surface area contributed by atoms with Gasteiger partial charge in [-0.2, -0.15) is 0 Å². The molecule has 1 nitrogen and oxygen atoms in total. The van der Waals surface area contributed by atoms with E-state index >= 15 is 0 Å². The monoisotopic (exact) mass is 261 g/mol. The minimum atomic E-state index is -0.181. The Morgan fingerprint density at radius 1 is 1.11 bits per heavy atom. The standard InChI is InChI=1S/C15H16FNS/c1-11-6-2-3-7-12(11)14(17)10-18-15-9-5-4-8-13(15)16/h2-9,14H,10,17H2,1H3. The number of nitrogens with two attached hydrogens (primary N) is 1. The topological polar surface area (TPSA) is 26.0 Å². The Balaban J connectivity index is 2.03. The Hall–Kier alpha value is -1.32. The van der Waals surface area contributed by atoms with Crippen LogP contribution in [-0.2, 0) is 0 Å². The zero-order valence-corrected chi connectivity index (χ0v) is 11.1. The summed E-state index contributed by atoms with van der Waals surface area (Å²) < 4.78 is 13.5. The second-order valence-electron chi connectivity index (χ2n) is 4.20. The zero-order chi connectivity index (χ0) is 13.0. The van der Waals surface area contributed by atoms with Gasteiger partial charge in [0.2, 0.25) is 0 Å². The number of benzene rings is 2. The molecule has 2 aromatic carbocycles. The minimum absolute atomic E-state index is 0.0733. The van der Waals surface area contributed by atoms with Crippen LogP contribution >= 0.6 is 11.8 Å². The highest BCUT2D eigenvalue weighted by atomic mass is 32.2. The number of aryl methyl sites for hydroxylation is 1. The first-order valence-corrected chi connectivity index (χ1v) is 6.85. The first kappa shape index (κ1) is 13.1. The number of rotatable bonds is 4. The van der Waals surface area contributed by atoms with E-state index in [-0.39, 0.29) is 11.9 Å². The van der Waals surface area contributed by atoms with Gasteiger partial charge in [0.25, 0.3) is 0 Å². The van der Waals surface area contributed by atoms with E-state index in [4.69, 9.17) is 5.73 Å². The summed E-state index contributed by atoms with van der Waals surface area (Å²) in [5.74, 6) is 0.491. The number of halogens is 1. The van der Waals surface area contributed by atoms with Crippen LogP contribution < -0.4 is 5.73 Å². The Kier molecular flexibility index (Phi) is 4.39. The van der Waals surface area contributed by atoms with Gasteiger partial charge in [0.05, 0.1) is 0 Å². The van der Waals surface area contributed by atoms with Gasteiger partial charge < -0.3 is 5.73 Å². The van der Waals surface area contributed by atoms with Crippen LogP contribution in [0.5, 0.6) is 0 Å². The molecule has 0 aliphatic carbocycles. The molecular formula is C15H16FNS. The average Bonchev–Trinajstić information content (AvgIpc) is 2.38. The molecule has 0 aliphatic rings. The lowest BCUT2D eigenvalue weighted by atomic mass is 10.0. The summed E-state index contributed by atoms with van der Waals surface area (Å²) in [5.41, 5.74) is 8.46. The van der Waals surface area contributed by atoms with Gasteiger partial charge in [-0.05, 0) is 30.2 Å². The van der Waals surface area contributed by atoms with Crippen LogP contribution in [0.1, 0.15) is 17.2 Å². The fourth-order valence-electron chi connectivity index (χ4n) is 1.83. The highest BCUT2D eigenvalue weighted by Crippen LogP contribution is 2.26. The first-order chi connectivity index (χ1) is 8.68. The van der Waals surface area contributed by atoms with Gasteiger partial charge in [-0.15, -0.1) is 11.8 Å². The maximum absolute atomic E-state index is 13.5. The van der Waals surface area contributed by atoms with E-state index in [1.807, 2.05) is 37.3 Å². The molecule has 0 amide bonds. The molecule has 0 saturated heterocycles. The molecule has 94 valence electrons. The summed E-state index contributed by atoms with van der Waals surface area (Å²) in [6.07, 6.45) is 0. The lowest BCUT2D eigenvalue weighted by Crippen LogP contribution is -2.14. The second kappa shape index (κ2) is 6.03. The summed E-state index contributed by atoms with van der Waals surface area (Å²) in [4.78, 5) is 0.654. The van der Waals surface area contributed by atoms with Crippen molar-refractivity contribution in [2.24, 2.45) is 5.73 Å². The van der Waals surface area contributed by atoms with Crippen LogP contribution in [0.15, 0.2) is 53.4 Å². The van der Waals surface area contributed by atoms with Crippen LogP contribution in [0, 0.1) is 12.7 Å². The highest BCUT2D eigenvalue weighted by molar-refractivity contribution is 7.99. The Labute approximate surface area is 111 Å². The lowest BCUT2D eigenvalue weighted by Gasteiger charge is -2.14. The van der Waals surface area contributed by atoms with Gasteiger partial charge in [0.1, 0.15) is 5.82 Å². The molecule has 0 spiro atoms.